The molecule has 3 fully saturated rings. The van der Waals surface area contributed by atoms with E-state index in [0.29, 0.717) is 12.5 Å². The molecule has 1 saturated carbocycles. The molecule has 1 N–H and O–H groups in total. The first-order valence-corrected chi connectivity index (χ1v) is 10.4. The zero-order chi connectivity index (χ0) is 18.3. The van der Waals surface area contributed by atoms with Crippen molar-refractivity contribution in [1.29, 1.82) is 0 Å². The van der Waals surface area contributed by atoms with Gasteiger partial charge in [-0.25, -0.2) is 0 Å². The fourth-order valence-corrected chi connectivity index (χ4v) is 5.10. The number of aliphatic hydroxyl groups excluding tert-OH is 1. The summed E-state index contributed by atoms with van der Waals surface area (Å²) in [5.74, 6) is 0.00729. The van der Waals surface area contributed by atoms with E-state index in [0.717, 1.165) is 55.2 Å². The molecule has 4 nitrogen and oxygen atoms in total. The molecule has 0 spiro atoms. The first kappa shape index (κ1) is 18.3. The molecular formula is C21H29ClN2O2. The number of rotatable bonds is 4. The van der Waals surface area contributed by atoms with Gasteiger partial charge in [0, 0.05) is 42.5 Å². The van der Waals surface area contributed by atoms with Crippen LogP contribution < -0.4 is 0 Å². The Balaban J connectivity index is 1.48. The number of carbonyl (C=O) groups excluding carboxylic acids is 1. The van der Waals surface area contributed by atoms with E-state index in [1.165, 1.54) is 12.8 Å². The Morgan fingerprint density at radius 1 is 1.23 bits per heavy atom. The number of amides is 1. The second-order valence-corrected chi connectivity index (χ2v) is 8.69. The number of nitrogens with zero attached hydrogens (tertiary/aromatic N) is 2. The molecule has 0 bridgehead atoms. The highest BCUT2D eigenvalue weighted by atomic mass is 35.5. The van der Waals surface area contributed by atoms with Crippen LogP contribution in [0.2, 0.25) is 5.02 Å². The number of likely N-dealkylation sites (tertiary alicyclic amines) is 2. The normalized spacial score (nSPS) is 32.0. The molecule has 4 rings (SSSR count). The fraction of sp³-hybridized carbons (Fsp3) is 0.667. The molecule has 0 radical (unpaired) electrons. The highest BCUT2D eigenvalue weighted by Crippen LogP contribution is 2.45. The maximum Gasteiger partial charge on any atom is 0.226 e. The minimum atomic E-state index is -0.438. The molecule has 3 aliphatic rings. The van der Waals surface area contributed by atoms with Crippen molar-refractivity contribution >= 4 is 17.5 Å². The lowest BCUT2D eigenvalue weighted by Gasteiger charge is -2.42. The number of hydrogen-bond acceptors (Lipinski definition) is 3. The molecule has 3 unspecified atom stereocenters. The van der Waals surface area contributed by atoms with Crippen molar-refractivity contribution in [2.45, 2.75) is 63.6 Å². The zero-order valence-corrected chi connectivity index (χ0v) is 16.3. The van der Waals surface area contributed by atoms with Gasteiger partial charge in [-0.05, 0) is 62.8 Å². The largest absolute Gasteiger partial charge is 0.392 e. The Bertz CT molecular complexity index is 674. The molecule has 2 heterocycles. The minimum absolute atomic E-state index is 0.0939. The zero-order valence-electron chi connectivity index (χ0n) is 15.5. The highest BCUT2D eigenvalue weighted by Gasteiger charge is 2.47. The lowest BCUT2D eigenvalue weighted by atomic mass is 9.67. The topological polar surface area (TPSA) is 43.8 Å². The molecule has 0 aromatic heterocycles. The molecule has 1 aromatic carbocycles. The van der Waals surface area contributed by atoms with Gasteiger partial charge in [0.15, 0.2) is 0 Å². The van der Waals surface area contributed by atoms with Gasteiger partial charge in [0.25, 0.3) is 0 Å². The Labute approximate surface area is 161 Å². The van der Waals surface area contributed by atoms with Crippen LogP contribution in [0.4, 0.5) is 0 Å². The van der Waals surface area contributed by atoms with Crippen LogP contribution in [0.1, 0.15) is 56.1 Å². The predicted molar refractivity (Wildman–Crippen MR) is 103 cm³/mol. The lowest BCUT2D eigenvalue weighted by molar-refractivity contribution is -0.143. The number of carbonyl (C=O) groups is 1. The van der Waals surface area contributed by atoms with Gasteiger partial charge in [-0.2, -0.15) is 0 Å². The van der Waals surface area contributed by atoms with Crippen LogP contribution in [0.15, 0.2) is 18.2 Å². The van der Waals surface area contributed by atoms with E-state index in [2.05, 4.69) is 24.0 Å². The van der Waals surface area contributed by atoms with E-state index in [1.54, 1.807) is 0 Å². The van der Waals surface area contributed by atoms with Crippen LogP contribution in [0, 0.1) is 5.92 Å². The molecule has 2 saturated heterocycles. The monoisotopic (exact) mass is 376 g/mol. The molecule has 5 heteroatoms. The summed E-state index contributed by atoms with van der Waals surface area (Å²) in [6, 6.07) is 6.75. The minimum Gasteiger partial charge on any atom is -0.392 e. The Hall–Kier alpha value is -1.10. The smallest absolute Gasteiger partial charge is 0.226 e. The quantitative estimate of drug-likeness (QED) is 0.875. The summed E-state index contributed by atoms with van der Waals surface area (Å²) in [5, 5.41) is 11.1. The van der Waals surface area contributed by atoms with Crippen molar-refractivity contribution in [2.75, 3.05) is 19.6 Å². The van der Waals surface area contributed by atoms with E-state index in [1.807, 2.05) is 11.0 Å². The fourth-order valence-electron chi connectivity index (χ4n) is 4.85. The number of benzene rings is 1. The molecule has 26 heavy (non-hydrogen) atoms. The lowest BCUT2D eigenvalue weighted by Crippen LogP contribution is -2.48. The number of hydrogen-bond donors (Lipinski definition) is 1. The third-order valence-corrected chi connectivity index (χ3v) is 6.96. The number of aliphatic hydroxyl groups is 1. The second-order valence-electron chi connectivity index (χ2n) is 8.28. The van der Waals surface area contributed by atoms with Crippen LogP contribution in [-0.2, 0) is 11.3 Å². The second kappa shape index (κ2) is 7.49. The molecule has 2 aliphatic heterocycles. The van der Waals surface area contributed by atoms with Crippen molar-refractivity contribution in [1.82, 2.24) is 9.80 Å². The predicted octanol–water partition coefficient (Wildman–Crippen LogP) is 3.41. The van der Waals surface area contributed by atoms with E-state index < -0.39 is 6.10 Å². The van der Waals surface area contributed by atoms with Crippen molar-refractivity contribution in [3.63, 3.8) is 0 Å². The third-order valence-electron chi connectivity index (χ3n) is 6.60. The summed E-state index contributed by atoms with van der Waals surface area (Å²) in [4.78, 5) is 17.2. The van der Waals surface area contributed by atoms with E-state index in [9.17, 15) is 9.90 Å². The molecule has 1 amide bonds. The van der Waals surface area contributed by atoms with Gasteiger partial charge < -0.3 is 10.0 Å². The van der Waals surface area contributed by atoms with Crippen LogP contribution in [-0.4, -0.2) is 52.6 Å². The molecule has 1 aliphatic carbocycles. The maximum absolute atomic E-state index is 12.8. The molecule has 4 atom stereocenters. The van der Waals surface area contributed by atoms with Gasteiger partial charge in [-0.1, -0.05) is 23.7 Å². The summed E-state index contributed by atoms with van der Waals surface area (Å²) < 4.78 is 0. The first-order chi connectivity index (χ1) is 12.5. The summed E-state index contributed by atoms with van der Waals surface area (Å²) in [6.45, 7) is 6.02. The summed E-state index contributed by atoms with van der Waals surface area (Å²) in [7, 11) is 0. The van der Waals surface area contributed by atoms with Crippen LogP contribution in [0.25, 0.3) is 0 Å². The number of halogens is 1. The summed E-state index contributed by atoms with van der Waals surface area (Å²) in [5.41, 5.74) is 2.14. The highest BCUT2D eigenvalue weighted by molar-refractivity contribution is 6.31. The van der Waals surface area contributed by atoms with Crippen molar-refractivity contribution in [3.05, 3.63) is 34.3 Å². The standard InChI is InChI=1S/C21H29ClN2O2/c1-14-5-4-10-24(14)13-16-7-6-15(11-18(16)22)20-17(12-19(20)25)21(26)23-8-2-3-9-23/h6-7,11,14,17,19-20,25H,2-5,8-10,12-13H2,1H3/t14-,17?,19?,20?/m1/s1. The molecular weight excluding hydrogens is 348 g/mol. The van der Waals surface area contributed by atoms with E-state index >= 15 is 0 Å². The van der Waals surface area contributed by atoms with Gasteiger partial charge in [-0.15, -0.1) is 0 Å². The van der Waals surface area contributed by atoms with Crippen molar-refractivity contribution in [2.24, 2.45) is 5.92 Å². The van der Waals surface area contributed by atoms with Gasteiger partial charge in [0.1, 0.15) is 0 Å². The van der Waals surface area contributed by atoms with E-state index in [-0.39, 0.29) is 17.7 Å². The first-order valence-electron chi connectivity index (χ1n) is 10.0. The van der Waals surface area contributed by atoms with Gasteiger partial charge in [-0.3, -0.25) is 9.69 Å². The van der Waals surface area contributed by atoms with Gasteiger partial charge >= 0.3 is 0 Å². The Kier molecular flexibility index (Phi) is 5.27. The average Bonchev–Trinajstić information content (AvgIpc) is 3.27. The van der Waals surface area contributed by atoms with Gasteiger partial charge in [0.05, 0.1) is 6.10 Å². The van der Waals surface area contributed by atoms with Crippen molar-refractivity contribution in [3.8, 4) is 0 Å². The third kappa shape index (κ3) is 3.39. The van der Waals surface area contributed by atoms with Crippen molar-refractivity contribution < 1.29 is 9.90 Å². The molecule has 142 valence electrons. The molecule has 1 aromatic rings. The van der Waals surface area contributed by atoms with E-state index in [4.69, 9.17) is 11.6 Å². The average molecular weight is 377 g/mol. The van der Waals surface area contributed by atoms with Crippen LogP contribution >= 0.6 is 11.6 Å². The summed E-state index contributed by atoms with van der Waals surface area (Å²) in [6.07, 6.45) is 4.84. The SMILES string of the molecule is C[C@@H]1CCCN1Cc1ccc(C2C(O)CC2C(=O)N2CCCC2)cc1Cl. The van der Waals surface area contributed by atoms with Gasteiger partial charge in [0.2, 0.25) is 5.91 Å². The Morgan fingerprint density at radius 2 is 2.00 bits per heavy atom. The summed E-state index contributed by atoms with van der Waals surface area (Å²) >= 11 is 6.58. The van der Waals surface area contributed by atoms with Crippen LogP contribution in [0.5, 0.6) is 0 Å². The maximum atomic E-state index is 12.8. The van der Waals surface area contributed by atoms with Crippen LogP contribution in [0.3, 0.4) is 0 Å². The Morgan fingerprint density at radius 3 is 2.62 bits per heavy atom.